The third kappa shape index (κ3) is 3.70. The highest BCUT2D eigenvalue weighted by Gasteiger charge is 2.20. The number of aromatic amines is 1. The summed E-state index contributed by atoms with van der Waals surface area (Å²) in [7, 11) is 1.28. The molecule has 0 amide bonds. The molecular weight excluding hydrogens is 375 g/mol. The van der Waals surface area contributed by atoms with Gasteiger partial charge in [-0.25, -0.2) is 4.79 Å². The number of benzene rings is 2. The van der Waals surface area contributed by atoms with E-state index in [9.17, 15) is 9.90 Å². The first kappa shape index (κ1) is 18.7. The van der Waals surface area contributed by atoms with Gasteiger partial charge in [-0.05, 0) is 41.7 Å². The van der Waals surface area contributed by atoms with Crippen LogP contribution in [0.15, 0.2) is 36.5 Å². The van der Waals surface area contributed by atoms with E-state index in [0.29, 0.717) is 6.42 Å². The first-order valence-electron chi connectivity index (χ1n) is 8.09. The van der Waals surface area contributed by atoms with Crippen LogP contribution in [-0.2, 0) is 4.74 Å². The summed E-state index contributed by atoms with van der Waals surface area (Å²) in [6.45, 7) is 1.97. The van der Waals surface area contributed by atoms with Crippen molar-refractivity contribution >= 4 is 40.1 Å². The number of halogens is 2. The molecule has 2 aromatic carbocycles. The Bertz CT molecular complexity index is 932. The number of nitrogens with one attached hydrogen (secondary N) is 1. The van der Waals surface area contributed by atoms with Crippen molar-refractivity contribution in [2.24, 2.45) is 0 Å². The van der Waals surface area contributed by atoms with E-state index in [1.165, 1.54) is 7.11 Å². The molecule has 26 heavy (non-hydrogen) atoms. The minimum atomic E-state index is -0.657. The van der Waals surface area contributed by atoms with Crippen molar-refractivity contribution in [3.8, 4) is 0 Å². The first-order valence-corrected chi connectivity index (χ1v) is 8.84. The number of hydrogen-bond acceptors (Lipinski definition) is 4. The Kier molecular flexibility index (Phi) is 5.51. The zero-order chi connectivity index (χ0) is 18.8. The molecule has 0 aliphatic heterocycles. The Morgan fingerprint density at radius 2 is 1.92 bits per heavy atom. The van der Waals surface area contributed by atoms with Gasteiger partial charge in [0.05, 0.1) is 40.5 Å². The Balaban J connectivity index is 1.80. The lowest BCUT2D eigenvalue weighted by Gasteiger charge is -2.18. The topological polar surface area (TPSA) is 75.2 Å². The molecule has 1 heterocycles. The van der Waals surface area contributed by atoms with Crippen LogP contribution in [0.2, 0.25) is 10.0 Å². The molecule has 0 aliphatic carbocycles. The molecule has 2 N–H and O–H groups in total. The van der Waals surface area contributed by atoms with Crippen molar-refractivity contribution < 1.29 is 14.6 Å². The Morgan fingerprint density at radius 1 is 1.23 bits per heavy atom. The summed E-state index contributed by atoms with van der Waals surface area (Å²) in [5.74, 6) is -0.601. The van der Waals surface area contributed by atoms with Gasteiger partial charge in [-0.15, -0.1) is 0 Å². The molecule has 7 heteroatoms. The van der Waals surface area contributed by atoms with E-state index < -0.39 is 12.1 Å². The van der Waals surface area contributed by atoms with Gasteiger partial charge >= 0.3 is 5.97 Å². The monoisotopic (exact) mass is 392 g/mol. The highest BCUT2D eigenvalue weighted by Crippen LogP contribution is 2.34. The lowest BCUT2D eigenvalue weighted by molar-refractivity contribution is 0.0601. The molecular formula is C19H18Cl2N2O3. The van der Waals surface area contributed by atoms with Crippen molar-refractivity contribution in [3.63, 3.8) is 0 Å². The number of H-pyrrole nitrogens is 1. The van der Waals surface area contributed by atoms with Gasteiger partial charge in [0.1, 0.15) is 0 Å². The zero-order valence-corrected chi connectivity index (χ0v) is 15.8. The molecule has 0 saturated carbocycles. The van der Waals surface area contributed by atoms with Crippen LogP contribution in [0.3, 0.4) is 0 Å². The summed E-state index contributed by atoms with van der Waals surface area (Å²) in [5.41, 5.74) is 2.67. The number of nitrogens with zero attached hydrogens (tertiary/aromatic N) is 1. The number of aliphatic hydroxyl groups is 1. The van der Waals surface area contributed by atoms with Crippen LogP contribution in [0.4, 0.5) is 0 Å². The number of rotatable bonds is 5. The molecule has 0 saturated heterocycles. The average Bonchev–Trinajstić information content (AvgIpc) is 3.08. The highest BCUT2D eigenvalue weighted by molar-refractivity contribution is 6.39. The number of esters is 1. The van der Waals surface area contributed by atoms with Gasteiger partial charge in [0, 0.05) is 5.39 Å². The summed E-state index contributed by atoms with van der Waals surface area (Å²) in [6.07, 6.45) is 1.56. The molecule has 1 aromatic heterocycles. The lowest BCUT2D eigenvalue weighted by Crippen LogP contribution is -2.07. The predicted octanol–water partition coefficient (Wildman–Crippen LogP) is 4.88. The van der Waals surface area contributed by atoms with Gasteiger partial charge in [0.15, 0.2) is 0 Å². The summed E-state index contributed by atoms with van der Waals surface area (Å²) in [5, 5.41) is 18.9. The maximum absolute atomic E-state index is 11.7. The van der Waals surface area contributed by atoms with Gasteiger partial charge in [-0.2, -0.15) is 5.10 Å². The van der Waals surface area contributed by atoms with Gasteiger partial charge in [-0.1, -0.05) is 42.3 Å². The van der Waals surface area contributed by atoms with Crippen molar-refractivity contribution in [3.05, 3.63) is 63.3 Å². The lowest BCUT2D eigenvalue weighted by atomic mass is 9.91. The van der Waals surface area contributed by atoms with Crippen LogP contribution in [0, 0.1) is 0 Å². The number of carbonyl (C=O) groups excluding carboxylic acids is 1. The van der Waals surface area contributed by atoms with E-state index in [4.69, 9.17) is 27.9 Å². The third-order valence-electron chi connectivity index (χ3n) is 4.45. The van der Waals surface area contributed by atoms with E-state index >= 15 is 0 Å². The third-order valence-corrected chi connectivity index (χ3v) is 5.05. The van der Waals surface area contributed by atoms with Crippen LogP contribution in [0.1, 0.15) is 46.9 Å². The molecule has 0 fully saturated rings. The predicted molar refractivity (Wildman–Crippen MR) is 102 cm³/mol. The Morgan fingerprint density at radius 3 is 2.58 bits per heavy atom. The molecule has 0 spiro atoms. The molecule has 5 nitrogen and oxygen atoms in total. The fraction of sp³-hybridized carbons (Fsp3) is 0.263. The maximum atomic E-state index is 11.7. The van der Waals surface area contributed by atoms with Crippen molar-refractivity contribution in [1.82, 2.24) is 10.2 Å². The molecule has 0 radical (unpaired) electrons. The second-order valence-electron chi connectivity index (χ2n) is 6.22. The van der Waals surface area contributed by atoms with Crippen molar-refractivity contribution in [2.75, 3.05) is 7.11 Å². The number of carbonyl (C=O) groups is 1. The number of methoxy groups -OCH3 is 1. The second kappa shape index (κ2) is 7.66. The number of fused-ring (bicyclic) bond motifs is 1. The van der Waals surface area contributed by atoms with Gasteiger partial charge < -0.3 is 9.84 Å². The molecule has 136 valence electrons. The number of aliphatic hydroxyl groups excluding tert-OH is 1. The summed E-state index contributed by atoms with van der Waals surface area (Å²) in [4.78, 5) is 11.7. The minimum absolute atomic E-state index is 0.0239. The minimum Gasteiger partial charge on any atom is -0.465 e. The number of hydrogen-bond donors (Lipinski definition) is 2. The van der Waals surface area contributed by atoms with E-state index in [1.807, 2.05) is 25.1 Å². The summed E-state index contributed by atoms with van der Waals surface area (Å²) in [6, 6.07) is 9.07. The fourth-order valence-electron chi connectivity index (χ4n) is 2.94. The largest absolute Gasteiger partial charge is 0.465 e. The molecule has 2 atom stereocenters. The van der Waals surface area contributed by atoms with E-state index in [0.717, 1.165) is 22.0 Å². The van der Waals surface area contributed by atoms with Crippen LogP contribution in [0.5, 0.6) is 0 Å². The van der Waals surface area contributed by atoms with Crippen LogP contribution < -0.4 is 0 Å². The summed E-state index contributed by atoms with van der Waals surface area (Å²) < 4.78 is 4.69. The Labute approximate surface area is 160 Å². The highest BCUT2D eigenvalue weighted by atomic mass is 35.5. The number of ether oxygens (including phenoxy) is 1. The zero-order valence-electron chi connectivity index (χ0n) is 14.3. The van der Waals surface area contributed by atoms with Crippen LogP contribution in [-0.4, -0.2) is 28.4 Å². The number of aromatic nitrogens is 2. The summed E-state index contributed by atoms with van der Waals surface area (Å²) >= 11 is 12.4. The average molecular weight is 393 g/mol. The molecule has 0 bridgehead atoms. The molecule has 0 aliphatic rings. The second-order valence-corrected chi connectivity index (χ2v) is 7.03. The Hall–Kier alpha value is -2.08. The van der Waals surface area contributed by atoms with Gasteiger partial charge in [0.2, 0.25) is 0 Å². The molecule has 2 unspecified atom stereocenters. The smallest absolute Gasteiger partial charge is 0.340 e. The van der Waals surface area contributed by atoms with E-state index in [2.05, 4.69) is 10.2 Å². The van der Waals surface area contributed by atoms with Gasteiger partial charge in [-0.3, -0.25) is 5.10 Å². The quantitative estimate of drug-likeness (QED) is 0.606. The van der Waals surface area contributed by atoms with E-state index in [-0.39, 0.29) is 21.5 Å². The fourth-order valence-corrected chi connectivity index (χ4v) is 3.60. The van der Waals surface area contributed by atoms with E-state index in [1.54, 1.807) is 18.3 Å². The standard InChI is InChI=1S/C19H18Cl2N2O3/c1-10(13-6-14(20)18(15(21)7-13)19(25)26-2)5-17(24)11-3-4-12-9-22-23-16(12)8-11/h3-4,6-10,17,24H,5H2,1-2H3,(H,22,23). The molecule has 3 rings (SSSR count). The van der Waals surface area contributed by atoms with Crippen LogP contribution >= 0.6 is 23.2 Å². The van der Waals surface area contributed by atoms with Gasteiger partial charge in [0.25, 0.3) is 0 Å². The normalized spacial score (nSPS) is 13.6. The maximum Gasteiger partial charge on any atom is 0.340 e. The van der Waals surface area contributed by atoms with Crippen molar-refractivity contribution in [2.45, 2.75) is 25.4 Å². The first-order chi connectivity index (χ1) is 12.4. The van der Waals surface area contributed by atoms with Crippen LogP contribution in [0.25, 0.3) is 10.9 Å². The van der Waals surface area contributed by atoms with Crippen molar-refractivity contribution in [1.29, 1.82) is 0 Å². The SMILES string of the molecule is COC(=O)c1c(Cl)cc(C(C)CC(O)c2ccc3cn[nH]c3c2)cc1Cl. The molecule has 3 aromatic rings.